The van der Waals surface area contributed by atoms with Gasteiger partial charge in [-0.3, -0.25) is 9.36 Å². The van der Waals surface area contributed by atoms with Gasteiger partial charge in [0.2, 0.25) is 5.91 Å². The topological polar surface area (TPSA) is 60.2 Å². The molecule has 2 heterocycles. The van der Waals surface area contributed by atoms with Crippen LogP contribution in [0, 0.1) is 13.8 Å². The van der Waals surface area contributed by atoms with Crippen molar-refractivity contribution in [1.29, 1.82) is 0 Å². The quantitative estimate of drug-likeness (QED) is 0.570. The van der Waals surface area contributed by atoms with Gasteiger partial charge >= 0.3 is 0 Å². The fourth-order valence-corrected chi connectivity index (χ4v) is 4.48. The second-order valence-corrected chi connectivity index (χ2v) is 8.41. The van der Waals surface area contributed by atoms with Gasteiger partial charge in [-0.05, 0) is 31.0 Å². The summed E-state index contributed by atoms with van der Waals surface area (Å²) in [5, 5.41) is 9.68. The summed E-state index contributed by atoms with van der Waals surface area (Å²) >= 11 is 1.45. The third-order valence-corrected chi connectivity index (χ3v) is 6.10. The summed E-state index contributed by atoms with van der Waals surface area (Å²) in [5.74, 6) is 1.33. The fraction of sp³-hybridized carbons (Fsp3) is 0.348. The Morgan fingerprint density at radius 2 is 1.83 bits per heavy atom. The standard InChI is InChI=1S/C23H26N4O2S/c1-17-8-9-20(18(2)14-17)27-21(15-19-6-4-3-5-7-19)24-25-23(27)30-16-22(28)26-10-12-29-13-11-26/h3-9,14H,10-13,15-16H2,1-2H3. The number of nitrogens with zero attached hydrogens (tertiary/aromatic N) is 4. The zero-order valence-electron chi connectivity index (χ0n) is 17.4. The Labute approximate surface area is 181 Å². The van der Waals surface area contributed by atoms with Crippen LogP contribution in [0.5, 0.6) is 0 Å². The van der Waals surface area contributed by atoms with Crippen molar-refractivity contribution < 1.29 is 9.53 Å². The van der Waals surface area contributed by atoms with Gasteiger partial charge in [-0.2, -0.15) is 0 Å². The summed E-state index contributed by atoms with van der Waals surface area (Å²) in [6.45, 7) is 6.71. The number of thioether (sulfide) groups is 1. The number of hydrogen-bond donors (Lipinski definition) is 0. The molecule has 30 heavy (non-hydrogen) atoms. The minimum absolute atomic E-state index is 0.114. The Kier molecular flexibility index (Phi) is 6.50. The molecule has 0 N–H and O–H groups in total. The van der Waals surface area contributed by atoms with Crippen LogP contribution >= 0.6 is 11.8 Å². The van der Waals surface area contributed by atoms with Crippen molar-refractivity contribution in [3.05, 3.63) is 71.0 Å². The molecule has 1 aromatic heterocycles. The van der Waals surface area contributed by atoms with E-state index >= 15 is 0 Å². The highest BCUT2D eigenvalue weighted by atomic mass is 32.2. The number of morpholine rings is 1. The van der Waals surface area contributed by atoms with E-state index in [-0.39, 0.29) is 5.91 Å². The maximum atomic E-state index is 12.6. The van der Waals surface area contributed by atoms with Crippen LogP contribution in [0.15, 0.2) is 53.7 Å². The molecule has 1 saturated heterocycles. The molecule has 7 heteroatoms. The Balaban J connectivity index is 1.61. The first kappa shape index (κ1) is 20.6. The number of benzene rings is 2. The van der Waals surface area contributed by atoms with Gasteiger partial charge in [-0.1, -0.05) is 59.8 Å². The number of carbonyl (C=O) groups is 1. The van der Waals surface area contributed by atoms with E-state index in [1.807, 2.05) is 23.1 Å². The van der Waals surface area contributed by atoms with Gasteiger partial charge in [0.05, 0.1) is 24.7 Å². The first-order valence-electron chi connectivity index (χ1n) is 10.2. The van der Waals surface area contributed by atoms with Gasteiger partial charge in [0, 0.05) is 19.5 Å². The van der Waals surface area contributed by atoms with Gasteiger partial charge in [0.15, 0.2) is 5.16 Å². The second-order valence-electron chi connectivity index (χ2n) is 7.47. The fourth-order valence-electron chi connectivity index (χ4n) is 3.62. The minimum Gasteiger partial charge on any atom is -0.378 e. The van der Waals surface area contributed by atoms with Crippen molar-refractivity contribution in [1.82, 2.24) is 19.7 Å². The van der Waals surface area contributed by atoms with Gasteiger partial charge in [-0.25, -0.2) is 0 Å². The van der Waals surface area contributed by atoms with Crippen LogP contribution in [0.1, 0.15) is 22.5 Å². The predicted molar refractivity (Wildman–Crippen MR) is 118 cm³/mol. The molecule has 0 unspecified atom stereocenters. The van der Waals surface area contributed by atoms with Crippen LogP contribution in [0.3, 0.4) is 0 Å². The summed E-state index contributed by atoms with van der Waals surface area (Å²) in [6.07, 6.45) is 0.680. The SMILES string of the molecule is Cc1ccc(-n2c(Cc3ccccc3)nnc2SCC(=O)N2CCOCC2)c(C)c1. The Morgan fingerprint density at radius 3 is 2.57 bits per heavy atom. The third kappa shape index (κ3) is 4.74. The average molecular weight is 423 g/mol. The normalized spacial score (nSPS) is 14.1. The molecule has 0 saturated carbocycles. The largest absolute Gasteiger partial charge is 0.378 e. The van der Waals surface area contributed by atoms with Crippen molar-refractivity contribution >= 4 is 17.7 Å². The summed E-state index contributed by atoms with van der Waals surface area (Å²) < 4.78 is 7.44. The van der Waals surface area contributed by atoms with Gasteiger partial charge in [0.25, 0.3) is 0 Å². The van der Waals surface area contributed by atoms with E-state index < -0.39 is 0 Å². The van der Waals surface area contributed by atoms with E-state index in [1.54, 1.807) is 0 Å². The molecule has 1 amide bonds. The number of aromatic nitrogens is 3. The monoisotopic (exact) mass is 422 g/mol. The number of hydrogen-bond acceptors (Lipinski definition) is 5. The molecule has 6 nitrogen and oxygen atoms in total. The maximum Gasteiger partial charge on any atom is 0.233 e. The zero-order chi connectivity index (χ0) is 20.9. The molecule has 0 aliphatic carbocycles. The van der Waals surface area contributed by atoms with Crippen molar-refractivity contribution in [2.45, 2.75) is 25.4 Å². The van der Waals surface area contributed by atoms with Crippen LogP contribution in [0.2, 0.25) is 0 Å². The number of amides is 1. The summed E-state index contributed by atoms with van der Waals surface area (Å²) in [5.41, 5.74) is 4.60. The summed E-state index contributed by atoms with van der Waals surface area (Å²) in [7, 11) is 0. The van der Waals surface area contributed by atoms with E-state index in [9.17, 15) is 4.79 Å². The van der Waals surface area contributed by atoms with E-state index in [0.717, 1.165) is 22.2 Å². The van der Waals surface area contributed by atoms with E-state index in [2.05, 4.69) is 58.9 Å². The molecule has 3 aromatic rings. The smallest absolute Gasteiger partial charge is 0.233 e. The van der Waals surface area contributed by atoms with Gasteiger partial charge in [-0.15, -0.1) is 10.2 Å². The van der Waals surface area contributed by atoms with Crippen LogP contribution in [0.4, 0.5) is 0 Å². The molecule has 2 aromatic carbocycles. The maximum absolute atomic E-state index is 12.6. The second kappa shape index (κ2) is 9.45. The highest BCUT2D eigenvalue weighted by molar-refractivity contribution is 7.99. The van der Waals surface area contributed by atoms with Crippen molar-refractivity contribution in [2.24, 2.45) is 0 Å². The van der Waals surface area contributed by atoms with Crippen molar-refractivity contribution in [2.75, 3.05) is 32.1 Å². The van der Waals surface area contributed by atoms with Crippen molar-refractivity contribution in [3.63, 3.8) is 0 Å². The van der Waals surface area contributed by atoms with E-state index in [0.29, 0.717) is 38.5 Å². The van der Waals surface area contributed by atoms with Crippen LogP contribution in [-0.2, 0) is 16.0 Å². The molecule has 0 atom stereocenters. The number of aryl methyl sites for hydroxylation is 2. The molecule has 1 fully saturated rings. The molecule has 0 radical (unpaired) electrons. The van der Waals surface area contributed by atoms with Crippen LogP contribution < -0.4 is 0 Å². The molecule has 1 aliphatic rings. The molecule has 0 spiro atoms. The van der Waals surface area contributed by atoms with E-state index in [4.69, 9.17) is 4.74 Å². The molecule has 4 rings (SSSR count). The molecular formula is C23H26N4O2S. The lowest BCUT2D eigenvalue weighted by Gasteiger charge is -2.26. The Hall–Kier alpha value is -2.64. The number of rotatable bonds is 6. The third-order valence-electron chi connectivity index (χ3n) is 5.19. The summed E-state index contributed by atoms with van der Waals surface area (Å²) in [4.78, 5) is 14.5. The highest BCUT2D eigenvalue weighted by Gasteiger charge is 2.21. The van der Waals surface area contributed by atoms with Gasteiger partial charge in [0.1, 0.15) is 5.82 Å². The van der Waals surface area contributed by atoms with Crippen LogP contribution in [-0.4, -0.2) is 57.6 Å². The van der Waals surface area contributed by atoms with E-state index in [1.165, 1.54) is 22.9 Å². The molecule has 0 bridgehead atoms. The van der Waals surface area contributed by atoms with Crippen molar-refractivity contribution in [3.8, 4) is 5.69 Å². The first-order chi connectivity index (χ1) is 14.6. The lowest BCUT2D eigenvalue weighted by Crippen LogP contribution is -2.41. The highest BCUT2D eigenvalue weighted by Crippen LogP contribution is 2.26. The first-order valence-corrected chi connectivity index (χ1v) is 11.1. The zero-order valence-corrected chi connectivity index (χ0v) is 18.2. The number of carbonyl (C=O) groups excluding carboxylic acids is 1. The lowest BCUT2D eigenvalue weighted by atomic mass is 10.1. The van der Waals surface area contributed by atoms with Crippen LogP contribution in [0.25, 0.3) is 5.69 Å². The average Bonchev–Trinajstić information content (AvgIpc) is 3.15. The Morgan fingerprint density at radius 1 is 1.07 bits per heavy atom. The molecule has 156 valence electrons. The Bertz CT molecular complexity index is 1010. The summed E-state index contributed by atoms with van der Waals surface area (Å²) in [6, 6.07) is 16.6. The molecular weight excluding hydrogens is 396 g/mol. The van der Waals surface area contributed by atoms with Gasteiger partial charge < -0.3 is 9.64 Å². The minimum atomic E-state index is 0.114. The molecule has 1 aliphatic heterocycles. The number of ether oxygens (including phenoxy) is 1. The predicted octanol–water partition coefficient (Wildman–Crippen LogP) is 3.43. The lowest BCUT2D eigenvalue weighted by molar-refractivity contribution is -0.132.